The van der Waals surface area contributed by atoms with Gasteiger partial charge in [0.05, 0.1) is 12.1 Å². The maximum Gasteiger partial charge on any atom is 0.354 e. The van der Waals surface area contributed by atoms with Gasteiger partial charge in [-0.15, -0.1) is 0 Å². The van der Waals surface area contributed by atoms with E-state index in [1.807, 2.05) is 24.3 Å². The molecule has 0 aliphatic rings. The summed E-state index contributed by atoms with van der Waals surface area (Å²) in [4.78, 5) is 26.3. The number of aromatic nitrogens is 1. The highest BCUT2D eigenvalue weighted by Gasteiger charge is 2.08. The van der Waals surface area contributed by atoms with Gasteiger partial charge in [-0.05, 0) is 35.7 Å². The Morgan fingerprint density at radius 3 is 2.42 bits per heavy atom. The number of carboxylic acids is 1. The summed E-state index contributed by atoms with van der Waals surface area (Å²) in [6.45, 7) is 4.94. The van der Waals surface area contributed by atoms with E-state index in [0.29, 0.717) is 24.6 Å². The van der Waals surface area contributed by atoms with Crippen molar-refractivity contribution < 1.29 is 19.4 Å². The van der Waals surface area contributed by atoms with Gasteiger partial charge in [-0.2, -0.15) is 0 Å². The summed E-state index contributed by atoms with van der Waals surface area (Å²) in [6.07, 6.45) is 1.24. The van der Waals surface area contributed by atoms with Gasteiger partial charge < -0.3 is 15.2 Å². The Kier molecular flexibility index (Phi) is 5.89. The van der Waals surface area contributed by atoms with E-state index >= 15 is 0 Å². The average molecular weight is 328 g/mol. The van der Waals surface area contributed by atoms with Gasteiger partial charge in [-0.1, -0.05) is 26.0 Å². The highest BCUT2D eigenvalue weighted by atomic mass is 16.5. The number of pyridine rings is 1. The largest absolute Gasteiger partial charge is 0.492 e. The van der Waals surface area contributed by atoms with E-state index in [1.54, 1.807) is 0 Å². The lowest BCUT2D eigenvalue weighted by atomic mass is 10.0. The van der Waals surface area contributed by atoms with Gasteiger partial charge in [0.25, 0.3) is 5.91 Å². The minimum atomic E-state index is -1.13. The molecule has 2 rings (SSSR count). The summed E-state index contributed by atoms with van der Waals surface area (Å²) >= 11 is 0. The van der Waals surface area contributed by atoms with E-state index in [4.69, 9.17) is 9.84 Å². The molecule has 6 nitrogen and oxygen atoms in total. The molecule has 2 N–H and O–H groups in total. The van der Waals surface area contributed by atoms with E-state index < -0.39 is 5.97 Å². The van der Waals surface area contributed by atoms with Crippen molar-refractivity contribution in [3.8, 4) is 5.75 Å². The third-order valence-corrected chi connectivity index (χ3v) is 3.45. The fourth-order valence-electron chi connectivity index (χ4n) is 2.04. The Balaban J connectivity index is 1.77. The summed E-state index contributed by atoms with van der Waals surface area (Å²) in [7, 11) is 0. The number of aromatic carboxylic acids is 1. The summed E-state index contributed by atoms with van der Waals surface area (Å²) in [5, 5.41) is 11.5. The van der Waals surface area contributed by atoms with Crippen LogP contribution in [0.1, 0.15) is 46.2 Å². The SMILES string of the molecule is CC(C)c1ccc(OCCNC(=O)c2ccc(C(=O)O)nc2)cc1. The Hall–Kier alpha value is -2.89. The Labute approximate surface area is 140 Å². The van der Waals surface area contributed by atoms with Crippen molar-refractivity contribution in [1.29, 1.82) is 0 Å². The van der Waals surface area contributed by atoms with Crippen LogP contribution in [-0.2, 0) is 0 Å². The lowest BCUT2D eigenvalue weighted by Gasteiger charge is -2.09. The number of hydrogen-bond donors (Lipinski definition) is 2. The molecule has 0 saturated heterocycles. The number of nitrogens with zero attached hydrogens (tertiary/aromatic N) is 1. The fourth-order valence-corrected chi connectivity index (χ4v) is 2.04. The first-order valence-corrected chi connectivity index (χ1v) is 7.67. The second kappa shape index (κ2) is 8.10. The van der Waals surface area contributed by atoms with Crippen molar-refractivity contribution >= 4 is 11.9 Å². The van der Waals surface area contributed by atoms with Gasteiger partial charge in [-0.3, -0.25) is 4.79 Å². The quantitative estimate of drug-likeness (QED) is 0.763. The molecule has 0 unspecified atom stereocenters. The molecule has 1 amide bonds. The second-order valence-corrected chi connectivity index (χ2v) is 5.57. The van der Waals surface area contributed by atoms with Crippen molar-refractivity contribution in [3.63, 3.8) is 0 Å². The first kappa shape index (κ1) is 17.5. The Morgan fingerprint density at radius 2 is 1.88 bits per heavy atom. The number of carboxylic acid groups (broad SMARTS) is 1. The van der Waals surface area contributed by atoms with Crippen LogP contribution in [0.4, 0.5) is 0 Å². The monoisotopic (exact) mass is 328 g/mol. The molecular formula is C18H20N2O4. The molecule has 6 heteroatoms. The summed E-state index contributed by atoms with van der Waals surface area (Å²) in [5.41, 5.74) is 1.45. The van der Waals surface area contributed by atoms with Crippen LogP contribution < -0.4 is 10.1 Å². The number of nitrogens with one attached hydrogen (secondary N) is 1. The molecule has 126 valence electrons. The first-order chi connectivity index (χ1) is 11.5. The van der Waals surface area contributed by atoms with Gasteiger partial charge in [0, 0.05) is 6.20 Å². The van der Waals surface area contributed by atoms with E-state index in [0.717, 1.165) is 5.75 Å². The average Bonchev–Trinajstić information content (AvgIpc) is 2.59. The number of rotatable bonds is 7. The minimum Gasteiger partial charge on any atom is -0.492 e. The molecule has 0 bridgehead atoms. The highest BCUT2D eigenvalue weighted by Crippen LogP contribution is 2.18. The summed E-state index contributed by atoms with van der Waals surface area (Å²) < 4.78 is 5.57. The predicted molar refractivity (Wildman–Crippen MR) is 89.6 cm³/mol. The van der Waals surface area contributed by atoms with Crippen molar-refractivity contribution in [1.82, 2.24) is 10.3 Å². The van der Waals surface area contributed by atoms with Crippen LogP contribution >= 0.6 is 0 Å². The zero-order valence-corrected chi connectivity index (χ0v) is 13.7. The van der Waals surface area contributed by atoms with Crippen LogP contribution in [-0.4, -0.2) is 35.1 Å². The third-order valence-electron chi connectivity index (χ3n) is 3.45. The smallest absolute Gasteiger partial charge is 0.354 e. The van der Waals surface area contributed by atoms with Crippen LogP contribution in [0, 0.1) is 0 Å². The van der Waals surface area contributed by atoms with Gasteiger partial charge in [0.15, 0.2) is 0 Å². The highest BCUT2D eigenvalue weighted by molar-refractivity contribution is 5.94. The molecule has 1 heterocycles. The number of carbonyl (C=O) groups is 2. The summed E-state index contributed by atoms with van der Waals surface area (Å²) in [5.74, 6) is -0.224. The summed E-state index contributed by atoms with van der Waals surface area (Å²) in [6, 6.07) is 10.6. The zero-order valence-electron chi connectivity index (χ0n) is 13.7. The topological polar surface area (TPSA) is 88.5 Å². The van der Waals surface area contributed by atoms with Crippen molar-refractivity contribution in [2.75, 3.05) is 13.2 Å². The second-order valence-electron chi connectivity index (χ2n) is 5.57. The lowest BCUT2D eigenvalue weighted by molar-refractivity contribution is 0.0689. The molecule has 0 saturated carbocycles. The van der Waals surface area contributed by atoms with Crippen LogP contribution in [0.5, 0.6) is 5.75 Å². The van der Waals surface area contributed by atoms with Crippen molar-refractivity contribution in [3.05, 3.63) is 59.4 Å². The predicted octanol–water partition coefficient (Wildman–Crippen LogP) is 2.71. The number of amides is 1. The molecule has 0 aliphatic heterocycles. The molecular weight excluding hydrogens is 308 g/mol. The third kappa shape index (κ3) is 4.81. The van der Waals surface area contributed by atoms with Crippen LogP contribution in [0.15, 0.2) is 42.6 Å². The van der Waals surface area contributed by atoms with Gasteiger partial charge >= 0.3 is 5.97 Å². The molecule has 0 spiro atoms. The Morgan fingerprint density at radius 1 is 1.17 bits per heavy atom. The number of hydrogen-bond acceptors (Lipinski definition) is 4. The molecule has 1 aromatic carbocycles. The van der Waals surface area contributed by atoms with E-state index in [1.165, 1.54) is 23.9 Å². The normalized spacial score (nSPS) is 10.5. The number of benzene rings is 1. The van der Waals surface area contributed by atoms with Crippen LogP contribution in [0.25, 0.3) is 0 Å². The maximum atomic E-state index is 11.9. The van der Waals surface area contributed by atoms with Crippen LogP contribution in [0.2, 0.25) is 0 Å². The molecule has 0 radical (unpaired) electrons. The molecule has 24 heavy (non-hydrogen) atoms. The number of ether oxygens (including phenoxy) is 1. The molecule has 2 aromatic rings. The maximum absolute atomic E-state index is 11.9. The first-order valence-electron chi connectivity index (χ1n) is 7.67. The van der Waals surface area contributed by atoms with E-state index in [-0.39, 0.29) is 11.6 Å². The van der Waals surface area contributed by atoms with Crippen molar-refractivity contribution in [2.24, 2.45) is 0 Å². The van der Waals surface area contributed by atoms with Gasteiger partial charge in [0.2, 0.25) is 0 Å². The lowest BCUT2D eigenvalue weighted by Crippen LogP contribution is -2.28. The molecule has 0 fully saturated rings. The molecule has 0 aliphatic carbocycles. The standard InChI is InChI=1S/C18H20N2O4/c1-12(2)13-3-6-15(7-4-13)24-10-9-19-17(21)14-5-8-16(18(22)23)20-11-14/h3-8,11-12H,9-10H2,1-2H3,(H,19,21)(H,22,23). The fraction of sp³-hybridized carbons (Fsp3) is 0.278. The van der Waals surface area contributed by atoms with E-state index in [9.17, 15) is 9.59 Å². The number of carbonyl (C=O) groups excluding carboxylic acids is 1. The molecule has 0 atom stereocenters. The minimum absolute atomic E-state index is 0.0975. The zero-order chi connectivity index (χ0) is 17.5. The van der Waals surface area contributed by atoms with Crippen LogP contribution in [0.3, 0.4) is 0 Å². The van der Waals surface area contributed by atoms with E-state index in [2.05, 4.69) is 24.1 Å². The van der Waals surface area contributed by atoms with Gasteiger partial charge in [-0.25, -0.2) is 9.78 Å². The van der Waals surface area contributed by atoms with Gasteiger partial charge in [0.1, 0.15) is 18.1 Å². The Bertz CT molecular complexity index is 694. The molecule has 1 aromatic heterocycles. The van der Waals surface area contributed by atoms with Crippen molar-refractivity contribution in [2.45, 2.75) is 19.8 Å².